The van der Waals surface area contributed by atoms with Crippen LogP contribution in [0.2, 0.25) is 0 Å². The average molecular weight is 242 g/mol. The number of hydrogen-bond acceptors (Lipinski definition) is 1. The molecule has 0 aliphatic carbocycles. The number of benzene rings is 1. The van der Waals surface area contributed by atoms with Gasteiger partial charge < -0.3 is 5.32 Å². The summed E-state index contributed by atoms with van der Waals surface area (Å²) in [6.07, 6.45) is 3.87. The molecule has 0 radical (unpaired) electrons. The Balaban J connectivity index is 2.79. The Labute approximate surface area is 110 Å². The standard InChI is InChI=1S/C16H22N2/c1-6-7-16(17-5)18-13(4)15-10-8-14(9-11-15)12(2)3/h6-12H,4H2,1-3,5H3,(H,17,18)/b7-6-. The zero-order valence-electron chi connectivity index (χ0n) is 11.7. The summed E-state index contributed by atoms with van der Waals surface area (Å²) in [7, 11) is 1.76. The minimum Gasteiger partial charge on any atom is -0.341 e. The van der Waals surface area contributed by atoms with E-state index in [2.05, 4.69) is 55.0 Å². The first-order valence-electron chi connectivity index (χ1n) is 6.24. The van der Waals surface area contributed by atoms with Gasteiger partial charge in [-0.25, -0.2) is 0 Å². The van der Waals surface area contributed by atoms with Crippen molar-refractivity contribution in [3.8, 4) is 0 Å². The van der Waals surface area contributed by atoms with E-state index >= 15 is 0 Å². The predicted molar refractivity (Wildman–Crippen MR) is 80.9 cm³/mol. The zero-order chi connectivity index (χ0) is 13.5. The molecule has 0 saturated heterocycles. The lowest BCUT2D eigenvalue weighted by Gasteiger charge is -2.11. The van der Waals surface area contributed by atoms with Crippen LogP contribution in [0.4, 0.5) is 0 Å². The van der Waals surface area contributed by atoms with E-state index in [1.165, 1.54) is 5.56 Å². The van der Waals surface area contributed by atoms with Crippen LogP contribution in [-0.2, 0) is 0 Å². The maximum absolute atomic E-state index is 4.15. The Kier molecular flexibility index (Phi) is 5.37. The number of nitrogens with one attached hydrogen (secondary N) is 1. The van der Waals surface area contributed by atoms with Gasteiger partial charge >= 0.3 is 0 Å². The van der Waals surface area contributed by atoms with Gasteiger partial charge in [0.15, 0.2) is 0 Å². The molecule has 2 nitrogen and oxygen atoms in total. The second kappa shape index (κ2) is 6.80. The van der Waals surface area contributed by atoms with Crippen molar-refractivity contribution in [1.82, 2.24) is 5.32 Å². The van der Waals surface area contributed by atoms with Crippen LogP contribution in [0, 0.1) is 0 Å². The van der Waals surface area contributed by atoms with Gasteiger partial charge in [0.25, 0.3) is 0 Å². The first kappa shape index (κ1) is 14.2. The van der Waals surface area contributed by atoms with Gasteiger partial charge in [0, 0.05) is 12.7 Å². The number of aliphatic imine (C=N–C) groups is 1. The molecule has 1 rings (SSSR count). The Bertz CT molecular complexity index is 450. The number of amidine groups is 1. The normalized spacial score (nSPS) is 12.2. The molecular weight excluding hydrogens is 220 g/mol. The van der Waals surface area contributed by atoms with E-state index < -0.39 is 0 Å². The molecule has 1 aromatic rings. The summed E-state index contributed by atoms with van der Waals surface area (Å²) in [4.78, 5) is 4.15. The molecule has 0 heterocycles. The van der Waals surface area contributed by atoms with Crippen molar-refractivity contribution < 1.29 is 0 Å². The molecule has 0 aliphatic rings. The second-order valence-electron chi connectivity index (χ2n) is 4.49. The Morgan fingerprint density at radius 2 is 1.89 bits per heavy atom. The molecular formula is C16H22N2. The SMILES string of the molecule is C=C(NC(/C=C\C)=NC)c1ccc(C(C)C)cc1. The van der Waals surface area contributed by atoms with E-state index in [-0.39, 0.29) is 0 Å². The van der Waals surface area contributed by atoms with Crippen molar-refractivity contribution in [2.45, 2.75) is 26.7 Å². The maximum Gasteiger partial charge on any atom is 0.124 e. The zero-order valence-corrected chi connectivity index (χ0v) is 11.7. The van der Waals surface area contributed by atoms with Crippen molar-refractivity contribution in [2.75, 3.05) is 7.05 Å². The largest absolute Gasteiger partial charge is 0.341 e. The summed E-state index contributed by atoms with van der Waals surface area (Å²) in [5.41, 5.74) is 3.29. The monoisotopic (exact) mass is 242 g/mol. The lowest BCUT2D eigenvalue weighted by atomic mass is 10.0. The summed E-state index contributed by atoms with van der Waals surface area (Å²) in [6, 6.07) is 8.47. The number of hydrogen-bond donors (Lipinski definition) is 1. The molecule has 0 saturated carbocycles. The van der Waals surface area contributed by atoms with E-state index in [0.717, 1.165) is 17.1 Å². The highest BCUT2D eigenvalue weighted by atomic mass is 15.0. The minimum absolute atomic E-state index is 0.552. The molecule has 0 aliphatic heterocycles. The van der Waals surface area contributed by atoms with E-state index in [1.54, 1.807) is 7.05 Å². The van der Waals surface area contributed by atoms with E-state index in [1.807, 2.05) is 19.1 Å². The van der Waals surface area contributed by atoms with Crippen molar-refractivity contribution in [1.29, 1.82) is 0 Å². The van der Waals surface area contributed by atoms with Gasteiger partial charge in [-0.3, -0.25) is 4.99 Å². The van der Waals surface area contributed by atoms with Gasteiger partial charge in [0.1, 0.15) is 5.84 Å². The van der Waals surface area contributed by atoms with Crippen molar-refractivity contribution in [2.24, 2.45) is 4.99 Å². The van der Waals surface area contributed by atoms with Crippen molar-refractivity contribution in [3.05, 3.63) is 54.1 Å². The number of rotatable bonds is 4. The highest BCUT2D eigenvalue weighted by molar-refractivity contribution is 5.98. The molecule has 0 unspecified atom stereocenters. The van der Waals surface area contributed by atoms with Crippen LogP contribution >= 0.6 is 0 Å². The number of allylic oxidation sites excluding steroid dienone is 1. The van der Waals surface area contributed by atoms with Gasteiger partial charge in [0.05, 0.1) is 0 Å². The molecule has 0 fully saturated rings. The fraction of sp³-hybridized carbons (Fsp3) is 0.312. The topological polar surface area (TPSA) is 24.4 Å². The average Bonchev–Trinajstić information content (AvgIpc) is 2.38. The van der Waals surface area contributed by atoms with Gasteiger partial charge in [-0.1, -0.05) is 50.8 Å². The summed E-state index contributed by atoms with van der Waals surface area (Å²) in [5, 5.41) is 3.20. The Hall–Kier alpha value is -1.83. The van der Waals surface area contributed by atoms with Crippen molar-refractivity contribution in [3.63, 3.8) is 0 Å². The molecule has 1 N–H and O–H groups in total. The molecule has 2 heteroatoms. The highest BCUT2D eigenvalue weighted by Gasteiger charge is 2.02. The lowest BCUT2D eigenvalue weighted by molar-refractivity contribution is 0.866. The molecule has 96 valence electrons. The Morgan fingerprint density at radius 1 is 1.28 bits per heavy atom. The van der Waals surface area contributed by atoms with Gasteiger partial charge in [-0.2, -0.15) is 0 Å². The quantitative estimate of drug-likeness (QED) is 0.627. The van der Waals surface area contributed by atoms with Crippen LogP contribution in [0.1, 0.15) is 37.8 Å². The fourth-order valence-electron chi connectivity index (χ4n) is 1.63. The molecule has 0 atom stereocenters. The maximum atomic E-state index is 4.15. The molecule has 0 amide bonds. The van der Waals surface area contributed by atoms with Gasteiger partial charge in [-0.15, -0.1) is 0 Å². The third kappa shape index (κ3) is 3.88. The first-order chi connectivity index (χ1) is 8.58. The van der Waals surface area contributed by atoms with E-state index in [0.29, 0.717) is 5.92 Å². The van der Waals surface area contributed by atoms with Crippen molar-refractivity contribution >= 4 is 11.5 Å². The molecule has 0 spiro atoms. The summed E-state index contributed by atoms with van der Waals surface area (Å²) >= 11 is 0. The van der Waals surface area contributed by atoms with E-state index in [9.17, 15) is 0 Å². The van der Waals surface area contributed by atoms with Crippen LogP contribution in [-0.4, -0.2) is 12.9 Å². The smallest absolute Gasteiger partial charge is 0.124 e. The predicted octanol–water partition coefficient (Wildman–Crippen LogP) is 3.97. The summed E-state index contributed by atoms with van der Waals surface area (Å²) < 4.78 is 0. The first-order valence-corrected chi connectivity index (χ1v) is 6.24. The van der Waals surface area contributed by atoms with Crippen LogP contribution in [0.5, 0.6) is 0 Å². The minimum atomic E-state index is 0.552. The molecule has 0 aromatic heterocycles. The second-order valence-corrected chi connectivity index (χ2v) is 4.49. The van der Waals surface area contributed by atoms with Crippen LogP contribution in [0.15, 0.2) is 48.0 Å². The fourth-order valence-corrected chi connectivity index (χ4v) is 1.63. The third-order valence-corrected chi connectivity index (χ3v) is 2.77. The Morgan fingerprint density at radius 3 is 2.33 bits per heavy atom. The van der Waals surface area contributed by atoms with Crippen LogP contribution < -0.4 is 5.32 Å². The summed E-state index contributed by atoms with van der Waals surface area (Å²) in [6.45, 7) is 10.4. The third-order valence-electron chi connectivity index (χ3n) is 2.77. The van der Waals surface area contributed by atoms with Gasteiger partial charge in [-0.05, 0) is 30.0 Å². The highest BCUT2D eigenvalue weighted by Crippen LogP contribution is 2.17. The molecule has 1 aromatic carbocycles. The summed E-state index contributed by atoms with van der Waals surface area (Å²) in [5.74, 6) is 1.37. The van der Waals surface area contributed by atoms with Crippen LogP contribution in [0.25, 0.3) is 5.70 Å². The van der Waals surface area contributed by atoms with Crippen LogP contribution in [0.3, 0.4) is 0 Å². The van der Waals surface area contributed by atoms with Gasteiger partial charge in [0.2, 0.25) is 0 Å². The van der Waals surface area contributed by atoms with E-state index in [4.69, 9.17) is 0 Å². The molecule has 18 heavy (non-hydrogen) atoms. The molecule has 0 bridgehead atoms. The number of nitrogens with zero attached hydrogens (tertiary/aromatic N) is 1. The lowest BCUT2D eigenvalue weighted by Crippen LogP contribution is -2.19.